The van der Waals surface area contributed by atoms with Crippen LogP contribution in [0.2, 0.25) is 0 Å². The van der Waals surface area contributed by atoms with Gasteiger partial charge in [-0.2, -0.15) is 0 Å². The lowest BCUT2D eigenvalue weighted by Gasteiger charge is -2.40. The molecular weight excluding hydrogens is 420 g/mol. The molecule has 5 nitrogen and oxygen atoms in total. The van der Waals surface area contributed by atoms with Crippen molar-refractivity contribution in [1.29, 1.82) is 0 Å². The Balaban J connectivity index is 1.53. The van der Waals surface area contributed by atoms with Gasteiger partial charge in [-0.15, -0.1) is 0 Å². The van der Waals surface area contributed by atoms with Crippen molar-refractivity contribution in [2.75, 3.05) is 45.0 Å². The Labute approximate surface area is 203 Å². The van der Waals surface area contributed by atoms with Crippen LogP contribution in [-0.2, 0) is 6.54 Å². The first-order chi connectivity index (χ1) is 16.6. The molecule has 1 heterocycles. The van der Waals surface area contributed by atoms with Crippen LogP contribution in [0.4, 0.5) is 5.69 Å². The Bertz CT molecular complexity index is 1060. The molecule has 34 heavy (non-hydrogen) atoms. The number of amides is 1. The Morgan fingerprint density at radius 3 is 2.15 bits per heavy atom. The van der Waals surface area contributed by atoms with Gasteiger partial charge >= 0.3 is 0 Å². The molecule has 1 saturated heterocycles. The van der Waals surface area contributed by atoms with E-state index >= 15 is 0 Å². The van der Waals surface area contributed by atoms with Gasteiger partial charge in [-0.1, -0.05) is 54.6 Å². The van der Waals surface area contributed by atoms with E-state index < -0.39 is 0 Å². The standard InChI is InChI=1S/C29H36N4O/c1-3-32(4-2)29(34)25-15-13-24(14-16-25)28(26-11-8-12-27(30)21-26)33-19-17-31(18-20-33)22-23-9-6-5-7-10-23/h5-16,21,28H,3-4,17-20,22,30H2,1-2H3/t28-/m1/s1. The molecule has 3 aromatic rings. The largest absolute Gasteiger partial charge is 0.399 e. The van der Waals surface area contributed by atoms with Gasteiger partial charge < -0.3 is 10.6 Å². The summed E-state index contributed by atoms with van der Waals surface area (Å²) in [6.07, 6.45) is 0. The summed E-state index contributed by atoms with van der Waals surface area (Å²) in [5.74, 6) is 0.0894. The highest BCUT2D eigenvalue weighted by molar-refractivity contribution is 5.94. The minimum absolute atomic E-state index is 0.0894. The lowest BCUT2D eigenvalue weighted by atomic mass is 9.95. The number of nitrogens with zero attached hydrogens (tertiary/aromatic N) is 3. The highest BCUT2D eigenvalue weighted by atomic mass is 16.2. The van der Waals surface area contributed by atoms with Crippen LogP contribution >= 0.6 is 0 Å². The normalized spacial score (nSPS) is 15.7. The van der Waals surface area contributed by atoms with Crippen LogP contribution in [-0.4, -0.2) is 59.9 Å². The highest BCUT2D eigenvalue weighted by Crippen LogP contribution is 2.31. The van der Waals surface area contributed by atoms with Gasteiger partial charge in [0, 0.05) is 57.1 Å². The average Bonchev–Trinajstić information content (AvgIpc) is 2.87. The Morgan fingerprint density at radius 2 is 1.53 bits per heavy atom. The molecule has 1 fully saturated rings. The molecule has 0 saturated carbocycles. The molecule has 0 unspecified atom stereocenters. The van der Waals surface area contributed by atoms with Gasteiger partial charge in [0.2, 0.25) is 0 Å². The number of hydrogen-bond donors (Lipinski definition) is 1. The molecular formula is C29H36N4O. The van der Waals surface area contributed by atoms with Crippen molar-refractivity contribution in [3.8, 4) is 0 Å². The second kappa shape index (κ2) is 11.3. The molecule has 1 aliphatic rings. The van der Waals surface area contributed by atoms with Crippen molar-refractivity contribution in [3.05, 3.63) is 101 Å². The molecule has 0 spiro atoms. The number of hydrogen-bond acceptors (Lipinski definition) is 4. The van der Waals surface area contributed by atoms with Crippen LogP contribution in [0.5, 0.6) is 0 Å². The summed E-state index contributed by atoms with van der Waals surface area (Å²) in [7, 11) is 0. The summed E-state index contributed by atoms with van der Waals surface area (Å²) >= 11 is 0. The first-order valence-corrected chi connectivity index (χ1v) is 12.3. The third-order valence-electron chi connectivity index (χ3n) is 6.77. The van der Waals surface area contributed by atoms with Gasteiger partial charge in [0.25, 0.3) is 5.91 Å². The van der Waals surface area contributed by atoms with E-state index in [1.807, 2.05) is 43.0 Å². The number of nitrogen functional groups attached to an aromatic ring is 1. The van der Waals surface area contributed by atoms with Gasteiger partial charge in [0.05, 0.1) is 6.04 Å². The quantitative estimate of drug-likeness (QED) is 0.501. The summed E-state index contributed by atoms with van der Waals surface area (Å²) in [6.45, 7) is 10.5. The Kier molecular flexibility index (Phi) is 7.99. The maximum absolute atomic E-state index is 12.8. The highest BCUT2D eigenvalue weighted by Gasteiger charge is 2.27. The maximum atomic E-state index is 12.8. The number of benzene rings is 3. The van der Waals surface area contributed by atoms with Gasteiger partial charge in [-0.25, -0.2) is 0 Å². The first-order valence-electron chi connectivity index (χ1n) is 12.3. The number of piperazine rings is 1. The molecule has 1 amide bonds. The molecule has 178 valence electrons. The summed E-state index contributed by atoms with van der Waals surface area (Å²) in [5, 5.41) is 0. The lowest BCUT2D eigenvalue weighted by molar-refractivity contribution is 0.0773. The van der Waals surface area contributed by atoms with Crippen LogP contribution < -0.4 is 5.73 Å². The van der Waals surface area contributed by atoms with Crippen LogP contribution in [0.15, 0.2) is 78.9 Å². The number of rotatable bonds is 8. The SMILES string of the molecule is CCN(CC)C(=O)c1ccc([C@H](c2cccc(N)c2)N2CCN(Cc3ccccc3)CC2)cc1. The van der Waals surface area contributed by atoms with Crippen molar-refractivity contribution in [1.82, 2.24) is 14.7 Å². The second-order valence-corrected chi connectivity index (χ2v) is 8.97. The van der Waals surface area contributed by atoms with Gasteiger partial charge in [-0.3, -0.25) is 14.6 Å². The van der Waals surface area contributed by atoms with Gasteiger partial charge in [0.1, 0.15) is 0 Å². The van der Waals surface area contributed by atoms with Gasteiger partial charge in [0.15, 0.2) is 0 Å². The molecule has 5 heteroatoms. The van der Waals surface area contributed by atoms with Crippen molar-refractivity contribution in [3.63, 3.8) is 0 Å². The third-order valence-corrected chi connectivity index (χ3v) is 6.77. The molecule has 4 rings (SSSR count). The predicted molar refractivity (Wildman–Crippen MR) is 140 cm³/mol. The molecule has 0 aliphatic carbocycles. The predicted octanol–water partition coefficient (Wildman–Crippen LogP) is 4.66. The van der Waals surface area contributed by atoms with Crippen molar-refractivity contribution >= 4 is 11.6 Å². The molecule has 1 aliphatic heterocycles. The summed E-state index contributed by atoms with van der Waals surface area (Å²) in [5.41, 5.74) is 11.4. The molecule has 0 radical (unpaired) electrons. The fraction of sp³-hybridized carbons (Fsp3) is 0.345. The van der Waals surface area contributed by atoms with E-state index in [9.17, 15) is 4.79 Å². The zero-order chi connectivity index (χ0) is 23.9. The van der Waals surface area contributed by atoms with Crippen LogP contribution in [0.3, 0.4) is 0 Å². The smallest absolute Gasteiger partial charge is 0.253 e. The van der Waals surface area contributed by atoms with Crippen LogP contribution in [0.1, 0.15) is 46.9 Å². The van der Waals surface area contributed by atoms with Crippen molar-refractivity contribution in [2.45, 2.75) is 26.4 Å². The van der Waals surface area contributed by atoms with E-state index in [4.69, 9.17) is 5.73 Å². The zero-order valence-electron chi connectivity index (χ0n) is 20.4. The third kappa shape index (κ3) is 5.66. The van der Waals surface area contributed by atoms with Crippen molar-refractivity contribution in [2.24, 2.45) is 0 Å². The van der Waals surface area contributed by atoms with E-state index in [0.717, 1.165) is 57.1 Å². The molecule has 0 bridgehead atoms. The fourth-order valence-corrected chi connectivity index (χ4v) is 4.87. The monoisotopic (exact) mass is 456 g/mol. The summed E-state index contributed by atoms with van der Waals surface area (Å²) in [4.78, 5) is 19.7. The molecule has 1 atom stereocenters. The van der Waals surface area contributed by atoms with E-state index in [1.165, 1.54) is 16.7 Å². The number of carbonyl (C=O) groups is 1. The first kappa shape index (κ1) is 24.0. The zero-order valence-corrected chi connectivity index (χ0v) is 20.4. The number of nitrogens with two attached hydrogens (primary N) is 1. The summed E-state index contributed by atoms with van der Waals surface area (Å²) < 4.78 is 0. The van der Waals surface area contributed by atoms with E-state index in [0.29, 0.717) is 0 Å². The molecule has 2 N–H and O–H groups in total. The fourth-order valence-electron chi connectivity index (χ4n) is 4.87. The second-order valence-electron chi connectivity index (χ2n) is 8.97. The van der Waals surface area contributed by atoms with E-state index in [-0.39, 0.29) is 11.9 Å². The number of anilines is 1. The lowest BCUT2D eigenvalue weighted by Crippen LogP contribution is -2.47. The summed E-state index contributed by atoms with van der Waals surface area (Å²) in [6, 6.07) is 27.2. The molecule has 0 aromatic heterocycles. The van der Waals surface area contributed by atoms with E-state index in [1.54, 1.807) is 0 Å². The maximum Gasteiger partial charge on any atom is 0.253 e. The number of carbonyl (C=O) groups excluding carboxylic acids is 1. The molecule has 3 aromatic carbocycles. The Morgan fingerprint density at radius 1 is 0.853 bits per heavy atom. The van der Waals surface area contributed by atoms with Crippen molar-refractivity contribution < 1.29 is 4.79 Å². The average molecular weight is 457 g/mol. The van der Waals surface area contributed by atoms with E-state index in [2.05, 4.69) is 64.4 Å². The van der Waals surface area contributed by atoms with Crippen LogP contribution in [0.25, 0.3) is 0 Å². The topological polar surface area (TPSA) is 52.8 Å². The van der Waals surface area contributed by atoms with Crippen LogP contribution in [0, 0.1) is 0 Å². The Hall–Kier alpha value is -3.15. The minimum atomic E-state index is 0.0894. The minimum Gasteiger partial charge on any atom is -0.399 e. The van der Waals surface area contributed by atoms with Gasteiger partial charge in [-0.05, 0) is 54.8 Å².